The second-order valence-corrected chi connectivity index (χ2v) is 15.0. The second kappa shape index (κ2) is 19.0. The van der Waals surface area contributed by atoms with Crippen LogP contribution in [0.2, 0.25) is 0 Å². The smallest absolute Gasteiger partial charge is 0.294 e. The maximum atomic E-state index is 13.8. The molecule has 6 aromatic rings. The Balaban J connectivity index is 0.000000196. The third kappa shape index (κ3) is 8.98. The standard InChI is InChI=1S/C25H25F3N6O.C21H18F3N5O/c1-4-20-31-24(32-34(20)16-8-6-5-7-9-16)25(35)33-11-10-17(22(29)14(33)2)23(30-3)15-12-18(26)21(28)19(27)13-15;1-26-20(12-9-15(22)19(24)16(23)10-12)13-5-8-28(11-17(13)25)21(30)14-3-2-7-29-18(14)4-6-27-29/h5-9,12-14H,4,10-11,29H2,1-3H3;2-4,6-7,9-10H,5,8,11,25H2,1H3/t14-;/m0./s1. The number of benzene rings is 3. The van der Waals surface area contributed by atoms with Gasteiger partial charge in [-0.2, -0.15) is 5.10 Å². The minimum absolute atomic E-state index is 0.0564. The molecule has 2 aliphatic heterocycles. The van der Waals surface area contributed by atoms with Crippen molar-refractivity contribution in [1.82, 2.24) is 34.2 Å². The molecule has 0 bridgehead atoms. The molecule has 2 amide bonds. The number of aryl methyl sites for hydroxylation is 1. The lowest BCUT2D eigenvalue weighted by Gasteiger charge is -2.35. The maximum absolute atomic E-state index is 13.8. The van der Waals surface area contributed by atoms with Crippen LogP contribution in [0.4, 0.5) is 26.3 Å². The number of hydrogen-bond donors (Lipinski definition) is 2. The molecule has 0 radical (unpaired) electrons. The fraction of sp³-hybridized carbons (Fsp3) is 0.239. The minimum atomic E-state index is -1.55. The Morgan fingerprint density at radius 2 is 1.35 bits per heavy atom. The lowest BCUT2D eigenvalue weighted by molar-refractivity contribution is 0.0693. The van der Waals surface area contributed by atoms with Gasteiger partial charge in [-0.1, -0.05) is 25.1 Å². The van der Waals surface area contributed by atoms with E-state index in [1.165, 1.54) is 14.1 Å². The Kier molecular flexibility index (Phi) is 13.3. The number of amides is 2. The van der Waals surface area contributed by atoms with Gasteiger partial charge in [0.15, 0.2) is 34.9 Å². The second-order valence-electron chi connectivity index (χ2n) is 15.0. The largest absolute Gasteiger partial charge is 0.400 e. The highest BCUT2D eigenvalue weighted by Crippen LogP contribution is 2.28. The van der Waals surface area contributed by atoms with Crippen LogP contribution in [0.1, 0.15) is 64.6 Å². The number of hydrogen-bond acceptors (Lipinski definition) is 9. The fourth-order valence-electron chi connectivity index (χ4n) is 7.89. The zero-order chi connectivity index (χ0) is 46.7. The van der Waals surface area contributed by atoms with E-state index in [9.17, 15) is 35.9 Å². The zero-order valence-corrected chi connectivity index (χ0v) is 35.7. The predicted octanol–water partition coefficient (Wildman–Crippen LogP) is 6.74. The number of aromatic nitrogens is 5. The third-order valence-electron chi connectivity index (χ3n) is 11.2. The summed E-state index contributed by atoms with van der Waals surface area (Å²) in [6, 6.07) is 17.6. The third-order valence-corrected chi connectivity index (χ3v) is 11.2. The van der Waals surface area contributed by atoms with Crippen molar-refractivity contribution in [2.24, 2.45) is 21.5 Å². The average molecular weight is 896 g/mol. The summed E-state index contributed by atoms with van der Waals surface area (Å²) in [5.74, 6) is -8.18. The number of carbonyl (C=O) groups is 2. The van der Waals surface area contributed by atoms with Crippen molar-refractivity contribution in [3.63, 3.8) is 0 Å². The summed E-state index contributed by atoms with van der Waals surface area (Å²) in [6.45, 7) is 4.42. The normalized spacial score (nSPS) is 16.0. The number of para-hydroxylation sites is 1. The lowest BCUT2D eigenvalue weighted by atomic mass is 9.91. The Morgan fingerprint density at radius 1 is 0.769 bits per heavy atom. The van der Waals surface area contributed by atoms with Gasteiger partial charge in [0.25, 0.3) is 11.8 Å². The highest BCUT2D eigenvalue weighted by molar-refractivity contribution is 6.14. The van der Waals surface area contributed by atoms with Gasteiger partial charge >= 0.3 is 0 Å². The highest BCUT2D eigenvalue weighted by Gasteiger charge is 2.34. The Labute approximate surface area is 369 Å². The lowest BCUT2D eigenvalue weighted by Crippen LogP contribution is -2.47. The number of fused-ring (bicyclic) bond motifs is 1. The number of rotatable bonds is 8. The molecular weight excluding hydrogens is 853 g/mol. The van der Waals surface area contributed by atoms with E-state index < -0.39 is 40.9 Å². The van der Waals surface area contributed by atoms with E-state index in [1.807, 2.05) is 37.3 Å². The summed E-state index contributed by atoms with van der Waals surface area (Å²) in [6.07, 6.45) is 4.57. The summed E-state index contributed by atoms with van der Waals surface area (Å²) < 4.78 is 85.0. The van der Waals surface area contributed by atoms with Gasteiger partial charge in [-0.15, -0.1) is 5.10 Å². The van der Waals surface area contributed by atoms with Gasteiger partial charge in [-0.25, -0.2) is 40.5 Å². The molecule has 2 aliphatic rings. The van der Waals surface area contributed by atoms with Gasteiger partial charge < -0.3 is 21.3 Å². The van der Waals surface area contributed by atoms with Crippen molar-refractivity contribution in [2.45, 2.75) is 39.2 Å². The van der Waals surface area contributed by atoms with Crippen molar-refractivity contribution in [3.8, 4) is 5.69 Å². The molecule has 13 nitrogen and oxygen atoms in total. The number of nitrogens with two attached hydrogens (primary N) is 2. The first-order chi connectivity index (χ1) is 31.2. The van der Waals surface area contributed by atoms with E-state index in [2.05, 4.69) is 25.2 Å². The molecule has 19 heteroatoms. The van der Waals surface area contributed by atoms with E-state index in [0.29, 0.717) is 58.8 Å². The molecule has 3 aromatic heterocycles. The van der Waals surface area contributed by atoms with Gasteiger partial charge in [0.05, 0.1) is 47.0 Å². The first kappa shape index (κ1) is 45.5. The van der Waals surface area contributed by atoms with Crippen molar-refractivity contribution in [2.75, 3.05) is 33.7 Å². The van der Waals surface area contributed by atoms with E-state index in [0.717, 1.165) is 30.0 Å². The molecule has 8 rings (SSSR count). The number of aliphatic imine (C=N–C) groups is 2. The monoisotopic (exact) mass is 895 g/mol. The zero-order valence-electron chi connectivity index (χ0n) is 35.7. The molecule has 0 saturated carbocycles. The molecule has 0 saturated heterocycles. The average Bonchev–Trinajstić information content (AvgIpc) is 3.98. The molecule has 0 unspecified atom stereocenters. The van der Waals surface area contributed by atoms with Gasteiger partial charge in [0.1, 0.15) is 5.82 Å². The van der Waals surface area contributed by atoms with E-state index in [4.69, 9.17) is 11.5 Å². The molecule has 65 heavy (non-hydrogen) atoms. The molecule has 0 spiro atoms. The van der Waals surface area contributed by atoms with Gasteiger partial charge in [0, 0.05) is 73.5 Å². The maximum Gasteiger partial charge on any atom is 0.294 e. The van der Waals surface area contributed by atoms with Gasteiger partial charge in [-0.05, 0) is 74.4 Å². The number of nitrogens with zero attached hydrogens (tertiary/aromatic N) is 9. The van der Waals surface area contributed by atoms with E-state index in [1.54, 1.807) is 56.5 Å². The van der Waals surface area contributed by atoms with Crippen molar-refractivity contribution < 1.29 is 35.9 Å². The molecule has 0 aliphatic carbocycles. The first-order valence-corrected chi connectivity index (χ1v) is 20.4. The topological polar surface area (TPSA) is 165 Å². The van der Waals surface area contributed by atoms with Gasteiger partial charge in [-0.3, -0.25) is 19.6 Å². The van der Waals surface area contributed by atoms with Crippen LogP contribution in [0, 0.1) is 34.9 Å². The van der Waals surface area contributed by atoms with E-state index >= 15 is 0 Å². The highest BCUT2D eigenvalue weighted by atomic mass is 19.2. The van der Waals surface area contributed by atoms with Crippen LogP contribution in [0.15, 0.2) is 118 Å². The van der Waals surface area contributed by atoms with Crippen LogP contribution >= 0.6 is 0 Å². The SMILES string of the molecule is CCc1nc(C(=O)N2CCC(C(=NC)c3cc(F)c(F)c(F)c3)=C(N)[C@@H]2C)nn1-c1ccccc1.CN=C(C1=C(N)CN(C(=O)c2cccn3nccc23)CC1)c1cc(F)c(F)c(F)c1. The molecular formula is C46H43F6N11O2. The summed E-state index contributed by atoms with van der Waals surface area (Å²) in [5.41, 5.74) is 17.1. The summed E-state index contributed by atoms with van der Waals surface area (Å²) in [5, 5.41) is 8.58. The minimum Gasteiger partial charge on any atom is -0.400 e. The van der Waals surface area contributed by atoms with Gasteiger partial charge in [0.2, 0.25) is 5.82 Å². The number of pyridine rings is 1. The van der Waals surface area contributed by atoms with Crippen LogP contribution in [0.25, 0.3) is 11.2 Å². The molecule has 4 N–H and O–H groups in total. The number of carbonyl (C=O) groups excluding carboxylic acids is 2. The molecule has 5 heterocycles. The van der Waals surface area contributed by atoms with E-state index in [-0.39, 0.29) is 59.7 Å². The Morgan fingerprint density at radius 3 is 1.92 bits per heavy atom. The van der Waals surface area contributed by atoms with Crippen molar-refractivity contribution >= 4 is 28.8 Å². The van der Waals surface area contributed by atoms with Crippen LogP contribution in [0.5, 0.6) is 0 Å². The van der Waals surface area contributed by atoms with Crippen LogP contribution in [-0.4, -0.2) is 97.2 Å². The summed E-state index contributed by atoms with van der Waals surface area (Å²) in [4.78, 5) is 42.3. The fourth-order valence-corrected chi connectivity index (χ4v) is 7.89. The Hall–Kier alpha value is -7.57. The quantitative estimate of drug-likeness (QED) is 0.0971. The summed E-state index contributed by atoms with van der Waals surface area (Å²) >= 11 is 0. The molecule has 3 aromatic carbocycles. The molecule has 1 atom stereocenters. The summed E-state index contributed by atoms with van der Waals surface area (Å²) in [7, 11) is 2.93. The van der Waals surface area contributed by atoms with Crippen LogP contribution < -0.4 is 11.5 Å². The molecule has 0 fully saturated rings. The first-order valence-electron chi connectivity index (χ1n) is 20.4. The molecule has 336 valence electrons. The van der Waals surface area contributed by atoms with Crippen LogP contribution in [0.3, 0.4) is 0 Å². The van der Waals surface area contributed by atoms with Crippen molar-refractivity contribution in [1.29, 1.82) is 0 Å². The Bertz CT molecular complexity index is 2890. The predicted molar refractivity (Wildman–Crippen MR) is 232 cm³/mol. The van der Waals surface area contributed by atoms with Crippen LogP contribution in [-0.2, 0) is 6.42 Å². The van der Waals surface area contributed by atoms with Crippen molar-refractivity contribution in [3.05, 3.63) is 171 Å². The number of halogens is 6.